The summed E-state index contributed by atoms with van der Waals surface area (Å²) < 4.78 is 15.1. The number of hydrogen-bond donors (Lipinski definition) is 1. The SMILES string of the molecule is CC1=CN=C(C)C2=NC(/C=C/c3nc(N4CCC(F)C4)nn3C)NN12. The Morgan fingerprint density at radius 2 is 2.20 bits per heavy atom. The van der Waals surface area contributed by atoms with E-state index in [9.17, 15) is 4.39 Å². The summed E-state index contributed by atoms with van der Waals surface area (Å²) in [5.41, 5.74) is 5.18. The van der Waals surface area contributed by atoms with Gasteiger partial charge in [-0.3, -0.25) is 10.0 Å². The number of nitrogens with zero attached hydrogens (tertiary/aromatic N) is 7. The Kier molecular flexibility index (Phi) is 3.87. The number of allylic oxidation sites excluding steroid dienone is 1. The topological polar surface area (TPSA) is 73.9 Å². The summed E-state index contributed by atoms with van der Waals surface area (Å²) in [4.78, 5) is 15.4. The molecule has 0 radical (unpaired) electrons. The average Bonchev–Trinajstić information content (AvgIpc) is 3.28. The molecule has 2 unspecified atom stereocenters. The van der Waals surface area contributed by atoms with Crippen molar-refractivity contribution in [2.75, 3.05) is 18.0 Å². The van der Waals surface area contributed by atoms with Crippen LogP contribution < -0.4 is 10.3 Å². The fourth-order valence-corrected chi connectivity index (χ4v) is 3.07. The van der Waals surface area contributed by atoms with Crippen LogP contribution in [0.1, 0.15) is 26.1 Å². The zero-order valence-corrected chi connectivity index (χ0v) is 14.5. The molecule has 1 aromatic heterocycles. The molecule has 0 spiro atoms. The standard InChI is InChI=1S/C16H21FN8/c1-10-8-18-11(2)15-19-13(21-25(10)15)4-5-14-20-16(22-23(14)3)24-7-6-12(17)9-24/h4-5,8,12-13,21H,6-7,9H2,1-3H3/b5-4+. The van der Waals surface area contributed by atoms with Crippen molar-refractivity contribution in [3.63, 3.8) is 0 Å². The zero-order valence-electron chi connectivity index (χ0n) is 14.5. The highest BCUT2D eigenvalue weighted by Gasteiger charge is 2.28. The van der Waals surface area contributed by atoms with Crippen LogP contribution in [0.2, 0.25) is 0 Å². The summed E-state index contributed by atoms with van der Waals surface area (Å²) in [5.74, 6) is 2.12. The lowest BCUT2D eigenvalue weighted by Gasteiger charge is -2.23. The van der Waals surface area contributed by atoms with Crippen LogP contribution in [0.5, 0.6) is 0 Å². The Bertz CT molecular complexity index is 805. The Morgan fingerprint density at radius 1 is 1.36 bits per heavy atom. The van der Waals surface area contributed by atoms with Gasteiger partial charge in [-0.1, -0.05) is 0 Å². The van der Waals surface area contributed by atoms with Gasteiger partial charge in [0.25, 0.3) is 0 Å². The number of aliphatic imine (C=N–C) groups is 2. The summed E-state index contributed by atoms with van der Waals surface area (Å²) in [6, 6.07) is 0. The first kappa shape index (κ1) is 15.9. The average molecular weight is 344 g/mol. The van der Waals surface area contributed by atoms with Crippen molar-refractivity contribution < 1.29 is 4.39 Å². The van der Waals surface area contributed by atoms with Crippen LogP contribution >= 0.6 is 0 Å². The number of aromatic nitrogens is 3. The highest BCUT2D eigenvalue weighted by Crippen LogP contribution is 2.20. The van der Waals surface area contributed by atoms with E-state index in [4.69, 9.17) is 0 Å². The Hall–Kier alpha value is -2.55. The Balaban J connectivity index is 1.49. The van der Waals surface area contributed by atoms with Crippen molar-refractivity contribution in [3.05, 3.63) is 23.8 Å². The maximum atomic E-state index is 13.4. The molecule has 4 rings (SSSR count). The number of nitrogens with one attached hydrogen (secondary N) is 1. The predicted molar refractivity (Wildman–Crippen MR) is 94.8 cm³/mol. The fourth-order valence-electron chi connectivity index (χ4n) is 3.07. The third-order valence-corrected chi connectivity index (χ3v) is 4.48. The van der Waals surface area contributed by atoms with E-state index in [0.717, 1.165) is 17.2 Å². The first-order chi connectivity index (χ1) is 12.0. The summed E-state index contributed by atoms with van der Waals surface area (Å²) in [6.07, 6.45) is 5.18. The van der Waals surface area contributed by atoms with Crippen molar-refractivity contribution in [1.82, 2.24) is 25.2 Å². The number of rotatable bonds is 3. The maximum absolute atomic E-state index is 13.4. The van der Waals surface area contributed by atoms with E-state index in [2.05, 4.69) is 25.5 Å². The fraction of sp³-hybridized carbons (Fsp3) is 0.500. The van der Waals surface area contributed by atoms with Crippen molar-refractivity contribution >= 4 is 23.6 Å². The molecule has 0 amide bonds. The van der Waals surface area contributed by atoms with Crippen LogP contribution in [-0.4, -0.2) is 56.7 Å². The number of anilines is 1. The van der Waals surface area contributed by atoms with Crippen LogP contribution in [0.4, 0.5) is 10.3 Å². The van der Waals surface area contributed by atoms with Crippen LogP contribution in [-0.2, 0) is 7.05 Å². The van der Waals surface area contributed by atoms with E-state index in [1.807, 2.05) is 49.2 Å². The van der Waals surface area contributed by atoms with Crippen molar-refractivity contribution in [1.29, 1.82) is 0 Å². The van der Waals surface area contributed by atoms with Gasteiger partial charge in [-0.25, -0.2) is 19.5 Å². The number of hydrazine groups is 1. The molecule has 2 atom stereocenters. The minimum Gasteiger partial charge on any atom is -0.337 e. The van der Waals surface area contributed by atoms with Gasteiger partial charge in [0, 0.05) is 19.8 Å². The first-order valence-corrected chi connectivity index (χ1v) is 8.35. The van der Waals surface area contributed by atoms with Gasteiger partial charge in [0.15, 0.2) is 11.7 Å². The summed E-state index contributed by atoms with van der Waals surface area (Å²) in [7, 11) is 1.83. The Morgan fingerprint density at radius 3 is 2.92 bits per heavy atom. The molecule has 1 saturated heterocycles. The molecule has 3 aliphatic heterocycles. The lowest BCUT2D eigenvalue weighted by Crippen LogP contribution is -2.42. The second-order valence-electron chi connectivity index (χ2n) is 6.43. The minimum absolute atomic E-state index is 0.191. The molecule has 25 heavy (non-hydrogen) atoms. The van der Waals surface area contributed by atoms with Gasteiger partial charge >= 0.3 is 0 Å². The van der Waals surface area contributed by atoms with Crippen molar-refractivity contribution in [2.45, 2.75) is 32.6 Å². The number of halogens is 1. The molecular weight excluding hydrogens is 323 g/mol. The van der Waals surface area contributed by atoms with Crippen molar-refractivity contribution in [3.8, 4) is 0 Å². The van der Waals surface area contributed by atoms with Gasteiger partial charge in [0.05, 0.1) is 18.0 Å². The number of amidine groups is 1. The smallest absolute Gasteiger partial charge is 0.245 e. The molecule has 8 nitrogen and oxygen atoms in total. The van der Waals surface area contributed by atoms with Gasteiger partial charge in [0.2, 0.25) is 5.95 Å². The molecule has 0 saturated carbocycles. The molecule has 0 aromatic carbocycles. The molecule has 0 bridgehead atoms. The second-order valence-corrected chi connectivity index (χ2v) is 6.43. The number of fused-ring (bicyclic) bond motifs is 1. The van der Waals surface area contributed by atoms with Crippen molar-refractivity contribution in [2.24, 2.45) is 17.0 Å². The van der Waals surface area contributed by atoms with Gasteiger partial charge in [0.1, 0.15) is 12.3 Å². The molecular formula is C16H21FN8. The van der Waals surface area contributed by atoms with Gasteiger partial charge in [-0.2, -0.15) is 4.98 Å². The third-order valence-electron chi connectivity index (χ3n) is 4.48. The monoisotopic (exact) mass is 344 g/mol. The van der Waals surface area contributed by atoms with Gasteiger partial charge in [-0.15, -0.1) is 5.10 Å². The first-order valence-electron chi connectivity index (χ1n) is 8.35. The number of hydrogen-bond acceptors (Lipinski definition) is 7. The van der Waals surface area contributed by atoms with E-state index in [-0.39, 0.29) is 6.17 Å². The molecule has 3 aliphatic rings. The molecule has 1 aromatic rings. The normalized spacial score (nSPS) is 26.2. The van der Waals surface area contributed by atoms with Gasteiger partial charge in [-0.05, 0) is 32.4 Å². The zero-order chi connectivity index (χ0) is 17.6. The molecule has 1 N–H and O–H groups in total. The highest BCUT2D eigenvalue weighted by molar-refractivity contribution is 6.41. The highest BCUT2D eigenvalue weighted by atomic mass is 19.1. The largest absolute Gasteiger partial charge is 0.337 e. The maximum Gasteiger partial charge on any atom is 0.245 e. The van der Waals surface area contributed by atoms with Crippen LogP contribution in [0, 0.1) is 0 Å². The van der Waals surface area contributed by atoms with E-state index < -0.39 is 6.17 Å². The predicted octanol–water partition coefficient (Wildman–Crippen LogP) is 1.26. The molecule has 0 aliphatic carbocycles. The molecule has 1 fully saturated rings. The molecule has 132 valence electrons. The van der Waals surface area contributed by atoms with Crippen LogP contribution in [0.15, 0.2) is 28.0 Å². The quantitative estimate of drug-likeness (QED) is 0.893. The third kappa shape index (κ3) is 2.95. The lowest BCUT2D eigenvalue weighted by atomic mass is 10.3. The summed E-state index contributed by atoms with van der Waals surface area (Å²) in [5, 5.41) is 6.32. The molecule has 9 heteroatoms. The summed E-state index contributed by atoms with van der Waals surface area (Å²) >= 11 is 0. The van der Waals surface area contributed by atoms with Crippen LogP contribution in [0.25, 0.3) is 6.08 Å². The second kappa shape index (κ2) is 6.07. The Labute approximate surface area is 145 Å². The van der Waals surface area contributed by atoms with Crippen LogP contribution in [0.3, 0.4) is 0 Å². The lowest BCUT2D eigenvalue weighted by molar-refractivity contribution is 0.364. The van der Waals surface area contributed by atoms with E-state index in [0.29, 0.717) is 31.3 Å². The van der Waals surface area contributed by atoms with E-state index >= 15 is 0 Å². The van der Waals surface area contributed by atoms with E-state index in [1.165, 1.54) is 0 Å². The van der Waals surface area contributed by atoms with E-state index in [1.54, 1.807) is 4.68 Å². The number of aryl methyl sites for hydroxylation is 1. The minimum atomic E-state index is -0.792. The summed E-state index contributed by atoms with van der Waals surface area (Å²) in [6.45, 7) is 4.94. The number of alkyl halides is 1. The van der Waals surface area contributed by atoms with Gasteiger partial charge < -0.3 is 4.90 Å². The molecule has 4 heterocycles.